The predicted octanol–water partition coefficient (Wildman–Crippen LogP) is 1.65. The van der Waals surface area contributed by atoms with E-state index in [9.17, 15) is 0 Å². The lowest BCUT2D eigenvalue weighted by Gasteiger charge is -2.15. The number of rotatable bonds is 4. The van der Waals surface area contributed by atoms with E-state index in [1.807, 2.05) is 22.9 Å². The zero-order valence-corrected chi connectivity index (χ0v) is 9.54. The smallest absolute Gasteiger partial charge is 0.142 e. The SMILES string of the molecule is CC(Cn1ccnc1)Nc1ccnc(C#N)c1. The fourth-order valence-electron chi connectivity index (χ4n) is 1.62. The number of nitrogens with one attached hydrogen (secondary N) is 1. The van der Waals surface area contributed by atoms with Gasteiger partial charge in [0, 0.05) is 36.9 Å². The Hall–Kier alpha value is -2.35. The Labute approximate surface area is 99.7 Å². The van der Waals surface area contributed by atoms with Gasteiger partial charge in [0.05, 0.1) is 6.33 Å². The Morgan fingerprint density at radius 1 is 1.53 bits per heavy atom. The van der Waals surface area contributed by atoms with E-state index in [0.717, 1.165) is 12.2 Å². The Bertz CT molecular complexity index is 512. The Balaban J connectivity index is 1.98. The molecule has 2 aromatic heterocycles. The highest BCUT2D eigenvalue weighted by Crippen LogP contribution is 2.09. The van der Waals surface area contributed by atoms with Crippen molar-refractivity contribution < 1.29 is 0 Å². The second-order valence-corrected chi connectivity index (χ2v) is 3.85. The van der Waals surface area contributed by atoms with Gasteiger partial charge in [-0.2, -0.15) is 5.26 Å². The number of nitrogens with zero attached hydrogens (tertiary/aromatic N) is 4. The summed E-state index contributed by atoms with van der Waals surface area (Å²) in [5, 5.41) is 12.1. The van der Waals surface area contributed by atoms with Gasteiger partial charge in [0.15, 0.2) is 0 Å². The zero-order chi connectivity index (χ0) is 12.1. The third-order valence-corrected chi connectivity index (χ3v) is 2.33. The molecule has 0 aromatic carbocycles. The van der Waals surface area contributed by atoms with Gasteiger partial charge in [0.2, 0.25) is 0 Å². The molecule has 1 atom stereocenters. The van der Waals surface area contributed by atoms with Gasteiger partial charge in [-0.3, -0.25) is 0 Å². The largest absolute Gasteiger partial charge is 0.381 e. The van der Waals surface area contributed by atoms with Crippen molar-refractivity contribution in [1.29, 1.82) is 5.26 Å². The monoisotopic (exact) mass is 227 g/mol. The van der Waals surface area contributed by atoms with Crippen molar-refractivity contribution in [2.75, 3.05) is 5.32 Å². The minimum atomic E-state index is 0.248. The molecular formula is C12H13N5. The molecule has 0 radical (unpaired) electrons. The predicted molar refractivity (Wildman–Crippen MR) is 64.3 cm³/mol. The highest BCUT2D eigenvalue weighted by molar-refractivity contribution is 5.46. The molecule has 5 nitrogen and oxygen atoms in total. The maximum Gasteiger partial charge on any atom is 0.142 e. The summed E-state index contributed by atoms with van der Waals surface area (Å²) in [6.07, 6.45) is 7.09. The van der Waals surface area contributed by atoms with Crippen LogP contribution in [0.4, 0.5) is 5.69 Å². The number of hydrogen-bond acceptors (Lipinski definition) is 4. The first-order valence-corrected chi connectivity index (χ1v) is 5.36. The van der Waals surface area contributed by atoms with E-state index < -0.39 is 0 Å². The fourth-order valence-corrected chi connectivity index (χ4v) is 1.62. The van der Waals surface area contributed by atoms with Crippen molar-refractivity contribution in [3.8, 4) is 6.07 Å². The molecule has 0 saturated carbocycles. The van der Waals surface area contributed by atoms with Gasteiger partial charge in [0.1, 0.15) is 11.8 Å². The summed E-state index contributed by atoms with van der Waals surface area (Å²) in [7, 11) is 0. The summed E-state index contributed by atoms with van der Waals surface area (Å²) in [6.45, 7) is 2.90. The van der Waals surface area contributed by atoms with Crippen molar-refractivity contribution in [2.45, 2.75) is 19.5 Å². The van der Waals surface area contributed by atoms with Crippen molar-refractivity contribution in [3.05, 3.63) is 42.7 Å². The lowest BCUT2D eigenvalue weighted by atomic mass is 10.2. The minimum Gasteiger partial charge on any atom is -0.381 e. The molecular weight excluding hydrogens is 214 g/mol. The molecule has 0 bridgehead atoms. The quantitative estimate of drug-likeness (QED) is 0.862. The average Bonchev–Trinajstić information content (AvgIpc) is 2.82. The molecule has 2 aromatic rings. The molecule has 0 spiro atoms. The molecule has 17 heavy (non-hydrogen) atoms. The van der Waals surface area contributed by atoms with Crippen LogP contribution in [0.1, 0.15) is 12.6 Å². The maximum atomic E-state index is 8.75. The van der Waals surface area contributed by atoms with Gasteiger partial charge in [-0.15, -0.1) is 0 Å². The van der Waals surface area contributed by atoms with Gasteiger partial charge in [0.25, 0.3) is 0 Å². The third-order valence-electron chi connectivity index (χ3n) is 2.33. The molecule has 0 aliphatic rings. The fraction of sp³-hybridized carbons (Fsp3) is 0.250. The lowest BCUT2D eigenvalue weighted by Crippen LogP contribution is -2.21. The lowest BCUT2D eigenvalue weighted by molar-refractivity contribution is 0.619. The normalized spacial score (nSPS) is 11.8. The van der Waals surface area contributed by atoms with Crippen molar-refractivity contribution in [2.24, 2.45) is 0 Å². The summed E-state index contributed by atoms with van der Waals surface area (Å²) in [5.74, 6) is 0. The van der Waals surface area contributed by atoms with Gasteiger partial charge in [-0.1, -0.05) is 0 Å². The average molecular weight is 227 g/mol. The molecule has 1 unspecified atom stereocenters. The first-order valence-electron chi connectivity index (χ1n) is 5.36. The summed E-state index contributed by atoms with van der Waals surface area (Å²) >= 11 is 0. The molecule has 1 N–H and O–H groups in total. The molecule has 0 saturated heterocycles. The molecule has 0 aliphatic heterocycles. The van der Waals surface area contributed by atoms with Gasteiger partial charge in [-0.25, -0.2) is 9.97 Å². The van der Waals surface area contributed by atoms with Crippen LogP contribution >= 0.6 is 0 Å². The van der Waals surface area contributed by atoms with Crippen LogP contribution in [-0.4, -0.2) is 20.6 Å². The minimum absolute atomic E-state index is 0.248. The molecule has 86 valence electrons. The second kappa shape index (κ2) is 5.12. The van der Waals surface area contributed by atoms with Crippen LogP contribution < -0.4 is 5.32 Å². The Kier molecular flexibility index (Phi) is 3.36. The standard InChI is InChI=1S/C12H13N5/c1-10(8-17-5-4-14-9-17)16-11-2-3-15-12(6-11)7-13/h2-6,9-10H,8H2,1H3,(H,15,16). The molecule has 0 amide bonds. The maximum absolute atomic E-state index is 8.75. The van der Waals surface area contributed by atoms with E-state index in [1.54, 1.807) is 24.8 Å². The van der Waals surface area contributed by atoms with Gasteiger partial charge < -0.3 is 9.88 Å². The van der Waals surface area contributed by atoms with Gasteiger partial charge in [-0.05, 0) is 19.1 Å². The van der Waals surface area contributed by atoms with Crippen molar-refractivity contribution in [3.63, 3.8) is 0 Å². The van der Waals surface area contributed by atoms with Crippen LogP contribution in [0.15, 0.2) is 37.1 Å². The molecule has 2 heterocycles. The first kappa shape index (κ1) is 11.1. The second-order valence-electron chi connectivity index (χ2n) is 3.85. The molecule has 2 rings (SSSR count). The number of aromatic nitrogens is 3. The number of pyridine rings is 1. The number of hydrogen-bond donors (Lipinski definition) is 1. The third kappa shape index (κ3) is 3.05. The van der Waals surface area contributed by atoms with Crippen LogP contribution in [0, 0.1) is 11.3 Å². The van der Waals surface area contributed by atoms with E-state index in [4.69, 9.17) is 5.26 Å². The Morgan fingerprint density at radius 3 is 3.12 bits per heavy atom. The summed E-state index contributed by atoms with van der Waals surface area (Å²) in [5.41, 5.74) is 1.33. The van der Waals surface area contributed by atoms with Crippen LogP contribution in [0.25, 0.3) is 0 Å². The number of nitriles is 1. The molecule has 0 fully saturated rings. The topological polar surface area (TPSA) is 66.5 Å². The van der Waals surface area contributed by atoms with Crippen LogP contribution in [0.3, 0.4) is 0 Å². The van der Waals surface area contributed by atoms with Gasteiger partial charge >= 0.3 is 0 Å². The zero-order valence-electron chi connectivity index (χ0n) is 9.54. The van der Waals surface area contributed by atoms with Crippen LogP contribution in [-0.2, 0) is 6.54 Å². The summed E-state index contributed by atoms with van der Waals surface area (Å²) < 4.78 is 2.00. The number of anilines is 1. The van der Waals surface area contributed by atoms with E-state index in [-0.39, 0.29) is 6.04 Å². The van der Waals surface area contributed by atoms with E-state index in [1.165, 1.54) is 0 Å². The van der Waals surface area contributed by atoms with E-state index in [2.05, 4.69) is 22.2 Å². The van der Waals surface area contributed by atoms with Crippen LogP contribution in [0.2, 0.25) is 0 Å². The Morgan fingerprint density at radius 2 is 2.41 bits per heavy atom. The van der Waals surface area contributed by atoms with Crippen LogP contribution in [0.5, 0.6) is 0 Å². The highest BCUT2D eigenvalue weighted by atomic mass is 15.1. The molecule has 5 heteroatoms. The molecule has 0 aliphatic carbocycles. The summed E-state index contributed by atoms with van der Waals surface area (Å²) in [4.78, 5) is 7.92. The number of imidazole rings is 1. The van der Waals surface area contributed by atoms with E-state index >= 15 is 0 Å². The highest BCUT2D eigenvalue weighted by Gasteiger charge is 2.03. The first-order chi connectivity index (χ1) is 8.28. The summed E-state index contributed by atoms with van der Waals surface area (Å²) in [6, 6.07) is 5.86. The van der Waals surface area contributed by atoms with Crippen molar-refractivity contribution >= 4 is 5.69 Å². The van der Waals surface area contributed by atoms with Crippen molar-refractivity contribution in [1.82, 2.24) is 14.5 Å². The van der Waals surface area contributed by atoms with E-state index in [0.29, 0.717) is 5.69 Å².